The van der Waals surface area contributed by atoms with Crippen molar-refractivity contribution < 1.29 is 23.3 Å². The highest BCUT2D eigenvalue weighted by Crippen LogP contribution is 2.32. The predicted molar refractivity (Wildman–Crippen MR) is 118 cm³/mol. The molecule has 0 unspecified atom stereocenters. The minimum atomic E-state index is -1.69. The maximum Gasteiger partial charge on any atom is 0.333 e. The summed E-state index contributed by atoms with van der Waals surface area (Å²) in [7, 11) is 0. The Balaban J connectivity index is 1.44. The minimum absolute atomic E-state index is 0.00671. The summed E-state index contributed by atoms with van der Waals surface area (Å²) >= 11 is 0. The van der Waals surface area contributed by atoms with Crippen molar-refractivity contribution in [2.24, 2.45) is 0 Å². The van der Waals surface area contributed by atoms with Crippen molar-refractivity contribution in [3.05, 3.63) is 83.7 Å². The molecular formula is C24H24F2N8O+2. The lowest BCUT2D eigenvalue weighted by Gasteiger charge is -2.40. The number of hydrogen-bond acceptors (Lipinski definition) is 5. The molecule has 3 N–H and O–H groups in total. The molecule has 2 aromatic heterocycles. The monoisotopic (exact) mass is 478 g/mol. The van der Waals surface area contributed by atoms with E-state index >= 15 is 0 Å². The molecule has 0 amide bonds. The number of rotatable bonds is 6. The van der Waals surface area contributed by atoms with Gasteiger partial charge < -0.3 is 5.11 Å². The number of aromatic nitrogens is 6. The van der Waals surface area contributed by atoms with Gasteiger partial charge in [-0.2, -0.15) is 24.8 Å². The molecule has 178 valence electrons. The molecule has 4 aromatic rings. The highest BCUT2D eigenvalue weighted by molar-refractivity contribution is 5.55. The van der Waals surface area contributed by atoms with Gasteiger partial charge in [-0.1, -0.05) is 6.07 Å². The molecule has 0 aliphatic carbocycles. The molecule has 2 aromatic carbocycles. The van der Waals surface area contributed by atoms with Crippen LogP contribution in [0.25, 0.3) is 11.4 Å². The molecule has 35 heavy (non-hydrogen) atoms. The standard InChI is InChI=1S/C24H22F2N8O/c1-16(24(35,13-33-15-28-14-29-33)20-7-6-19(25)10-21(20)26)32-8-9-34-22(12-32)30-23(31-34)18-4-2-17(11-27)3-5-18/h2-7,10,14-16,35H,8-9,12-13H2,1H3/p+2/t16-,24-/m1/s1. The van der Waals surface area contributed by atoms with Gasteiger partial charge in [-0.15, -0.1) is 0 Å². The zero-order valence-electron chi connectivity index (χ0n) is 19.0. The zero-order valence-corrected chi connectivity index (χ0v) is 19.0. The predicted octanol–water partition coefficient (Wildman–Crippen LogP) is 1.32. The molecule has 0 radical (unpaired) electrons. The van der Waals surface area contributed by atoms with Gasteiger partial charge in [0.05, 0.1) is 11.6 Å². The largest absolute Gasteiger partial charge is 0.379 e. The second-order valence-electron chi connectivity index (χ2n) is 8.67. The topological polar surface area (TPSA) is 112 Å². The molecule has 0 saturated carbocycles. The number of benzene rings is 2. The van der Waals surface area contributed by atoms with Gasteiger partial charge in [0.1, 0.15) is 36.9 Å². The van der Waals surface area contributed by atoms with E-state index in [0.717, 1.165) is 23.5 Å². The van der Waals surface area contributed by atoms with Crippen molar-refractivity contribution in [2.45, 2.75) is 38.2 Å². The van der Waals surface area contributed by atoms with Gasteiger partial charge >= 0.3 is 12.2 Å². The number of fused-ring (bicyclic) bond motifs is 1. The van der Waals surface area contributed by atoms with Crippen LogP contribution in [0.5, 0.6) is 0 Å². The Morgan fingerprint density at radius 3 is 2.74 bits per heavy atom. The first kappa shape index (κ1) is 22.8. The van der Waals surface area contributed by atoms with E-state index in [1.165, 1.54) is 18.7 Å². The van der Waals surface area contributed by atoms with E-state index < -0.39 is 23.3 Å². The van der Waals surface area contributed by atoms with Crippen LogP contribution in [0.15, 0.2) is 55.1 Å². The maximum atomic E-state index is 14.9. The lowest BCUT2D eigenvalue weighted by molar-refractivity contribution is -0.768. The molecule has 1 aliphatic rings. The maximum absolute atomic E-state index is 14.9. The van der Waals surface area contributed by atoms with Gasteiger partial charge in [0.25, 0.3) is 5.82 Å². The van der Waals surface area contributed by atoms with E-state index in [0.29, 0.717) is 31.0 Å². The number of aromatic amines is 2. The Kier molecular flexibility index (Phi) is 5.84. The SMILES string of the molecule is C[C@@H](N1CC[n+]2[nH]c(-c3ccc(C#N)cc3)nc2C1)[C@](O)(C[n+]1cnc[nH]1)c1ccc(F)cc1F. The van der Waals surface area contributed by atoms with Gasteiger partial charge in [0.2, 0.25) is 6.33 Å². The Hall–Kier alpha value is -4.01. The quantitative estimate of drug-likeness (QED) is 0.362. The molecule has 0 fully saturated rings. The summed E-state index contributed by atoms with van der Waals surface area (Å²) in [6, 6.07) is 11.9. The van der Waals surface area contributed by atoms with E-state index in [9.17, 15) is 13.9 Å². The van der Waals surface area contributed by atoms with Crippen LogP contribution in [0.3, 0.4) is 0 Å². The smallest absolute Gasteiger partial charge is 0.333 e. The molecule has 1 aliphatic heterocycles. The van der Waals surface area contributed by atoms with Crippen LogP contribution in [-0.2, 0) is 25.2 Å². The summed E-state index contributed by atoms with van der Waals surface area (Å²) < 4.78 is 32.0. The molecule has 11 heteroatoms. The molecule has 3 heterocycles. The fourth-order valence-corrected chi connectivity index (χ4v) is 4.55. The number of aliphatic hydroxyl groups is 1. The molecule has 0 bridgehead atoms. The van der Waals surface area contributed by atoms with Gasteiger partial charge in [-0.25, -0.2) is 8.78 Å². The number of nitrogens with zero attached hydrogens (tertiary/aromatic N) is 6. The van der Waals surface area contributed by atoms with Crippen LogP contribution in [-0.4, -0.2) is 42.8 Å². The summed E-state index contributed by atoms with van der Waals surface area (Å²) in [5.41, 5.74) is -0.262. The van der Waals surface area contributed by atoms with Crippen molar-refractivity contribution in [3.8, 4) is 17.5 Å². The number of hydrogen-bond donors (Lipinski definition) is 3. The van der Waals surface area contributed by atoms with Crippen LogP contribution in [0.4, 0.5) is 8.78 Å². The third-order valence-corrected chi connectivity index (χ3v) is 6.59. The van der Waals surface area contributed by atoms with Crippen molar-refractivity contribution >= 4 is 0 Å². The van der Waals surface area contributed by atoms with Crippen molar-refractivity contribution in [1.29, 1.82) is 5.26 Å². The molecular weight excluding hydrogens is 454 g/mol. The van der Waals surface area contributed by atoms with Crippen LogP contribution in [0.1, 0.15) is 23.9 Å². The van der Waals surface area contributed by atoms with Crippen molar-refractivity contribution in [2.75, 3.05) is 6.54 Å². The first-order chi connectivity index (χ1) is 16.9. The second kappa shape index (κ2) is 8.98. The number of nitrogens with one attached hydrogen (secondary N) is 2. The highest BCUT2D eigenvalue weighted by atomic mass is 19.1. The molecule has 0 spiro atoms. The molecule has 2 atom stereocenters. The van der Waals surface area contributed by atoms with Crippen molar-refractivity contribution in [1.82, 2.24) is 25.1 Å². The van der Waals surface area contributed by atoms with Gasteiger partial charge in [0.15, 0.2) is 0 Å². The molecule has 9 nitrogen and oxygen atoms in total. The molecule has 5 rings (SSSR count). The minimum Gasteiger partial charge on any atom is -0.379 e. The van der Waals surface area contributed by atoms with Gasteiger partial charge in [-0.3, -0.25) is 4.90 Å². The van der Waals surface area contributed by atoms with Gasteiger partial charge in [-0.05, 0) is 47.2 Å². The lowest BCUT2D eigenvalue weighted by atomic mass is 9.85. The fraction of sp³-hybridized carbons (Fsp3) is 0.292. The Morgan fingerprint density at radius 2 is 2.06 bits per heavy atom. The number of halogens is 2. The van der Waals surface area contributed by atoms with Crippen molar-refractivity contribution in [3.63, 3.8) is 0 Å². The normalized spacial score (nSPS) is 16.3. The van der Waals surface area contributed by atoms with E-state index in [2.05, 4.69) is 21.3 Å². The first-order valence-corrected chi connectivity index (χ1v) is 11.2. The first-order valence-electron chi connectivity index (χ1n) is 11.2. The second-order valence-corrected chi connectivity index (χ2v) is 8.67. The molecule has 0 saturated heterocycles. The summed E-state index contributed by atoms with van der Waals surface area (Å²) in [6.45, 7) is 3.38. The van der Waals surface area contributed by atoms with E-state index in [1.54, 1.807) is 16.8 Å². The van der Waals surface area contributed by atoms with Crippen LogP contribution < -0.4 is 9.36 Å². The summed E-state index contributed by atoms with van der Waals surface area (Å²) in [5, 5.41) is 27.1. The van der Waals surface area contributed by atoms with Gasteiger partial charge in [0, 0.05) is 29.8 Å². The van der Waals surface area contributed by atoms with Crippen LogP contribution in [0.2, 0.25) is 0 Å². The van der Waals surface area contributed by atoms with E-state index in [1.807, 2.05) is 28.6 Å². The Labute approximate surface area is 199 Å². The summed E-state index contributed by atoms with van der Waals surface area (Å²) in [6.07, 6.45) is 2.96. The summed E-state index contributed by atoms with van der Waals surface area (Å²) in [5.74, 6) is -0.0823. The number of H-pyrrole nitrogens is 2. The Morgan fingerprint density at radius 1 is 1.26 bits per heavy atom. The number of nitriles is 1. The fourth-order valence-electron chi connectivity index (χ4n) is 4.55. The lowest BCUT2D eigenvalue weighted by Crippen LogP contribution is -2.61. The Bertz CT molecular complexity index is 1380. The third kappa shape index (κ3) is 4.29. The van der Waals surface area contributed by atoms with E-state index in [-0.39, 0.29) is 12.1 Å². The third-order valence-electron chi connectivity index (χ3n) is 6.59. The summed E-state index contributed by atoms with van der Waals surface area (Å²) in [4.78, 5) is 10.7. The van der Waals surface area contributed by atoms with Crippen LogP contribution in [0, 0.1) is 23.0 Å². The average molecular weight is 479 g/mol. The van der Waals surface area contributed by atoms with Crippen LogP contribution >= 0.6 is 0 Å². The highest BCUT2D eigenvalue weighted by Gasteiger charge is 2.45. The zero-order chi connectivity index (χ0) is 24.6. The van der Waals surface area contributed by atoms with E-state index in [4.69, 9.17) is 10.2 Å². The average Bonchev–Trinajstić information content (AvgIpc) is 3.52.